The fourth-order valence-electron chi connectivity index (χ4n) is 2.54. The molecule has 4 nitrogen and oxygen atoms in total. The molecule has 0 aromatic carbocycles. The van der Waals surface area contributed by atoms with Crippen LogP contribution in [0.4, 0.5) is 4.79 Å². The zero-order valence-corrected chi connectivity index (χ0v) is 8.85. The van der Waals surface area contributed by atoms with Crippen molar-refractivity contribution in [3.63, 3.8) is 0 Å². The van der Waals surface area contributed by atoms with Gasteiger partial charge in [-0.3, -0.25) is 0 Å². The van der Waals surface area contributed by atoms with E-state index in [0.717, 1.165) is 12.5 Å². The van der Waals surface area contributed by atoms with E-state index >= 15 is 0 Å². The summed E-state index contributed by atoms with van der Waals surface area (Å²) in [6.07, 6.45) is 6.21. The predicted molar refractivity (Wildman–Crippen MR) is 57.6 cm³/mol. The van der Waals surface area contributed by atoms with Gasteiger partial charge in [0.05, 0.1) is 6.04 Å². The van der Waals surface area contributed by atoms with Crippen LogP contribution in [0.3, 0.4) is 0 Å². The molecular weight excluding hydrogens is 190 g/mol. The van der Waals surface area contributed by atoms with E-state index in [9.17, 15) is 4.79 Å². The molecule has 1 atom stereocenters. The highest BCUT2D eigenvalue weighted by Gasteiger charge is 2.42. The Morgan fingerprint density at radius 3 is 2.60 bits per heavy atom. The smallest absolute Gasteiger partial charge is 0.345 e. The summed E-state index contributed by atoms with van der Waals surface area (Å²) in [7, 11) is 0. The first kappa shape index (κ1) is 9.19. The third kappa shape index (κ3) is 1.52. The molecule has 2 aliphatic carbocycles. The number of rotatable bonds is 3. The fourth-order valence-corrected chi connectivity index (χ4v) is 2.54. The van der Waals surface area contributed by atoms with Crippen molar-refractivity contribution in [2.45, 2.75) is 38.1 Å². The van der Waals surface area contributed by atoms with Crippen LogP contribution in [0.2, 0.25) is 0 Å². The second-order valence-electron chi connectivity index (χ2n) is 5.05. The Morgan fingerprint density at radius 2 is 2.07 bits per heavy atom. The molecule has 0 bridgehead atoms. The largest absolute Gasteiger partial charge is 0.385 e. The average Bonchev–Trinajstić information content (AvgIpc) is 2.86. The van der Waals surface area contributed by atoms with Crippen LogP contribution < -0.4 is 5.73 Å². The molecule has 2 fully saturated rings. The molecule has 82 valence electrons. The molecule has 0 saturated heterocycles. The Labute approximate surface area is 89.5 Å². The van der Waals surface area contributed by atoms with Gasteiger partial charge < -0.3 is 10.6 Å². The van der Waals surface area contributed by atoms with Gasteiger partial charge >= 0.3 is 6.03 Å². The summed E-state index contributed by atoms with van der Waals surface area (Å²) in [5.41, 5.74) is 5.85. The number of carbonyl (C=O) groups is 1. The van der Waals surface area contributed by atoms with Crippen LogP contribution in [-0.4, -0.2) is 29.4 Å². The molecule has 0 aromatic heterocycles. The van der Waals surface area contributed by atoms with Crippen LogP contribution in [0, 0.1) is 11.8 Å². The molecule has 3 rings (SSSR count). The Bertz CT molecular complexity index is 318. The van der Waals surface area contributed by atoms with E-state index in [1.54, 1.807) is 0 Å². The van der Waals surface area contributed by atoms with Crippen LogP contribution in [0.5, 0.6) is 0 Å². The summed E-state index contributed by atoms with van der Waals surface area (Å²) >= 11 is 0. The summed E-state index contributed by atoms with van der Waals surface area (Å²) in [5.74, 6) is 1.86. The highest BCUT2D eigenvalue weighted by atomic mass is 16.2. The lowest BCUT2D eigenvalue weighted by atomic mass is 9.79. The van der Waals surface area contributed by atoms with Crippen molar-refractivity contribution in [2.75, 3.05) is 6.54 Å². The lowest BCUT2D eigenvalue weighted by molar-refractivity contribution is 0.157. The summed E-state index contributed by atoms with van der Waals surface area (Å²) in [5, 5.41) is 0. The number of urea groups is 1. The zero-order valence-electron chi connectivity index (χ0n) is 8.85. The molecule has 1 heterocycles. The average molecular weight is 207 g/mol. The van der Waals surface area contributed by atoms with Gasteiger partial charge in [-0.05, 0) is 37.5 Å². The lowest BCUT2D eigenvalue weighted by Crippen LogP contribution is -2.48. The van der Waals surface area contributed by atoms with E-state index in [1.165, 1.54) is 32.1 Å². The van der Waals surface area contributed by atoms with Gasteiger partial charge in [0.2, 0.25) is 0 Å². The zero-order chi connectivity index (χ0) is 10.4. The van der Waals surface area contributed by atoms with Crippen molar-refractivity contribution in [3.8, 4) is 0 Å². The predicted octanol–water partition coefficient (Wildman–Crippen LogP) is 1.36. The van der Waals surface area contributed by atoms with E-state index in [-0.39, 0.29) is 12.1 Å². The van der Waals surface area contributed by atoms with Crippen molar-refractivity contribution >= 4 is 11.9 Å². The molecule has 3 aliphatic rings. The molecule has 0 aromatic rings. The quantitative estimate of drug-likeness (QED) is 0.759. The van der Waals surface area contributed by atoms with Crippen LogP contribution in [0.25, 0.3) is 0 Å². The van der Waals surface area contributed by atoms with Crippen LogP contribution in [0.15, 0.2) is 4.99 Å². The molecule has 15 heavy (non-hydrogen) atoms. The third-order valence-corrected chi connectivity index (χ3v) is 3.86. The lowest BCUT2D eigenvalue weighted by Gasteiger charge is -2.36. The summed E-state index contributed by atoms with van der Waals surface area (Å²) < 4.78 is 0. The minimum absolute atomic E-state index is 0.101. The van der Waals surface area contributed by atoms with Gasteiger partial charge in [-0.1, -0.05) is 6.42 Å². The Balaban J connectivity index is 1.74. The monoisotopic (exact) mass is 207 g/mol. The SMILES string of the molecule is NC1=NC(=O)N(CC2CC2)C1C1CCC1. The molecule has 1 unspecified atom stereocenters. The molecule has 1 aliphatic heterocycles. The summed E-state index contributed by atoms with van der Waals surface area (Å²) in [6.45, 7) is 0.879. The van der Waals surface area contributed by atoms with Gasteiger partial charge in [-0.2, -0.15) is 4.99 Å². The first-order valence-electron chi connectivity index (χ1n) is 5.90. The highest BCUT2D eigenvalue weighted by molar-refractivity contribution is 6.03. The minimum atomic E-state index is -0.101. The van der Waals surface area contributed by atoms with Crippen LogP contribution in [-0.2, 0) is 0 Å². The van der Waals surface area contributed by atoms with E-state index in [0.29, 0.717) is 11.8 Å². The standard InChI is InChI=1S/C11H17N3O/c12-10-9(8-2-1-3-8)14(11(15)13-10)6-7-4-5-7/h7-9H,1-6H2,(H2,12,13,15). The Hall–Kier alpha value is -1.06. The first-order valence-corrected chi connectivity index (χ1v) is 5.90. The van der Waals surface area contributed by atoms with Gasteiger partial charge in [0.1, 0.15) is 5.84 Å². The first-order chi connectivity index (χ1) is 7.25. The number of carbonyl (C=O) groups excluding carboxylic acids is 1. The molecule has 0 radical (unpaired) electrons. The minimum Gasteiger partial charge on any atom is -0.385 e. The number of hydrogen-bond acceptors (Lipinski definition) is 2. The Morgan fingerprint density at radius 1 is 1.33 bits per heavy atom. The van der Waals surface area contributed by atoms with E-state index in [1.807, 2.05) is 4.90 Å². The van der Waals surface area contributed by atoms with Crippen LogP contribution >= 0.6 is 0 Å². The third-order valence-electron chi connectivity index (χ3n) is 3.86. The van der Waals surface area contributed by atoms with Crippen molar-refractivity contribution < 1.29 is 4.79 Å². The number of aliphatic imine (C=N–C) groups is 1. The molecule has 2 saturated carbocycles. The molecular formula is C11H17N3O. The maximum Gasteiger partial charge on any atom is 0.345 e. The highest BCUT2D eigenvalue weighted by Crippen LogP contribution is 2.37. The van der Waals surface area contributed by atoms with Gasteiger partial charge in [0.25, 0.3) is 0 Å². The normalized spacial score (nSPS) is 31.7. The van der Waals surface area contributed by atoms with Gasteiger partial charge in [0, 0.05) is 6.54 Å². The van der Waals surface area contributed by atoms with Gasteiger partial charge in [-0.15, -0.1) is 0 Å². The van der Waals surface area contributed by atoms with E-state index in [4.69, 9.17) is 5.73 Å². The molecule has 0 spiro atoms. The number of amidine groups is 1. The maximum atomic E-state index is 11.7. The van der Waals surface area contributed by atoms with Crippen molar-refractivity contribution in [2.24, 2.45) is 22.6 Å². The Kier molecular flexibility index (Phi) is 1.97. The second-order valence-corrected chi connectivity index (χ2v) is 5.05. The van der Waals surface area contributed by atoms with Gasteiger partial charge in [0.15, 0.2) is 0 Å². The number of amides is 2. The maximum absolute atomic E-state index is 11.7. The van der Waals surface area contributed by atoms with E-state index < -0.39 is 0 Å². The van der Waals surface area contributed by atoms with Crippen LogP contribution in [0.1, 0.15) is 32.1 Å². The van der Waals surface area contributed by atoms with Crippen molar-refractivity contribution in [1.82, 2.24) is 4.90 Å². The fraction of sp³-hybridized carbons (Fsp3) is 0.818. The molecule has 2 amide bonds. The van der Waals surface area contributed by atoms with Gasteiger partial charge in [-0.25, -0.2) is 4.79 Å². The van der Waals surface area contributed by atoms with Crippen molar-refractivity contribution in [1.29, 1.82) is 0 Å². The second kappa shape index (κ2) is 3.22. The topological polar surface area (TPSA) is 58.7 Å². The molecule has 4 heteroatoms. The summed E-state index contributed by atoms with van der Waals surface area (Å²) in [4.78, 5) is 17.5. The summed E-state index contributed by atoms with van der Waals surface area (Å²) in [6, 6.07) is 0.0307. The number of hydrogen-bond donors (Lipinski definition) is 1. The number of nitrogens with zero attached hydrogens (tertiary/aromatic N) is 2. The molecule has 2 N–H and O–H groups in total. The number of nitrogens with two attached hydrogens (primary N) is 1. The van der Waals surface area contributed by atoms with E-state index in [2.05, 4.69) is 4.99 Å². The van der Waals surface area contributed by atoms with Crippen molar-refractivity contribution in [3.05, 3.63) is 0 Å².